The van der Waals surface area contributed by atoms with Crippen LogP contribution in [0.15, 0.2) is 200 Å². The lowest BCUT2D eigenvalue weighted by molar-refractivity contribution is 1.30. The zero-order chi connectivity index (χ0) is 42.6. The third-order valence-corrected chi connectivity index (χ3v) is 11.6. The van der Waals surface area contributed by atoms with Crippen molar-refractivity contribution < 1.29 is 11.0 Å². The highest BCUT2D eigenvalue weighted by molar-refractivity contribution is 7.26. The van der Waals surface area contributed by atoms with Crippen LogP contribution in [0.3, 0.4) is 0 Å². The predicted octanol–water partition coefficient (Wildman–Crippen LogP) is 15.5. The fraction of sp³-hybridized carbons (Fsp3) is 0. The van der Waals surface area contributed by atoms with Gasteiger partial charge in [-0.1, -0.05) is 158 Å². The van der Waals surface area contributed by atoms with Crippen molar-refractivity contribution in [2.45, 2.75) is 0 Å². The fourth-order valence-electron chi connectivity index (χ4n) is 7.80. The first-order chi connectivity index (χ1) is 30.1. The van der Waals surface area contributed by atoms with Crippen LogP contribution in [0.1, 0.15) is 11.0 Å². The van der Waals surface area contributed by atoms with Crippen molar-refractivity contribution in [2.24, 2.45) is 0 Å². The van der Waals surface area contributed by atoms with Gasteiger partial charge in [-0.15, -0.1) is 11.3 Å². The third-order valence-electron chi connectivity index (χ3n) is 10.4. The van der Waals surface area contributed by atoms with Crippen LogP contribution in [0.25, 0.3) is 85.5 Å². The number of nitrogens with zero attached hydrogens (tertiary/aromatic N) is 1. The molecule has 1 nitrogen and oxygen atoms in total. The van der Waals surface area contributed by atoms with E-state index in [1.54, 1.807) is 0 Å². The molecule has 0 aliphatic heterocycles. The van der Waals surface area contributed by atoms with Crippen molar-refractivity contribution in [3.63, 3.8) is 0 Å². The molecule has 1 aromatic heterocycles. The molecule has 0 radical (unpaired) electrons. The lowest BCUT2D eigenvalue weighted by atomic mass is 9.97. The molecule has 1 heterocycles. The van der Waals surface area contributed by atoms with Gasteiger partial charge in [0.05, 0.1) is 16.7 Å². The lowest BCUT2D eigenvalue weighted by Gasteiger charge is -2.28. The zero-order valence-corrected chi connectivity index (χ0v) is 29.6. The van der Waals surface area contributed by atoms with Gasteiger partial charge < -0.3 is 4.90 Å². The average molecular weight is 712 g/mol. The Bertz CT molecular complexity index is 3650. The standard InChI is InChI=1S/C52H33NS/c1-3-12-42-35(10-1)20-21-39-32-37(26-31-44(39)42)34-22-27-40(28-23-34)53(50-33-38-11-2-4-13-43(38)46-14-5-6-15-47(46)50)41-29-24-36(25-30-41)45-17-9-18-49-48-16-7-8-19-51(48)54-52(45)49/h1-33H/i22D,23D,24D,25D,27D,28D,29D,30D. The predicted molar refractivity (Wildman–Crippen MR) is 235 cm³/mol. The Labute approximate surface area is 328 Å². The van der Waals surface area contributed by atoms with Crippen molar-refractivity contribution in [2.75, 3.05) is 4.90 Å². The van der Waals surface area contributed by atoms with Crippen molar-refractivity contribution in [3.05, 3.63) is 200 Å². The molecule has 10 aromatic carbocycles. The van der Waals surface area contributed by atoms with E-state index < -0.39 is 0 Å². The highest BCUT2D eigenvalue weighted by Gasteiger charge is 2.18. The molecule has 0 spiro atoms. The monoisotopic (exact) mass is 711 g/mol. The summed E-state index contributed by atoms with van der Waals surface area (Å²) in [5, 5.41) is 9.30. The van der Waals surface area contributed by atoms with E-state index in [4.69, 9.17) is 0 Å². The second-order valence-electron chi connectivity index (χ2n) is 13.4. The Morgan fingerprint density at radius 2 is 0.926 bits per heavy atom. The molecule has 11 rings (SSSR count). The van der Waals surface area contributed by atoms with E-state index in [1.165, 1.54) is 16.2 Å². The van der Waals surface area contributed by atoms with E-state index in [0.29, 0.717) is 22.2 Å². The molecular weight excluding hydrogens is 671 g/mol. The number of hydrogen-bond acceptors (Lipinski definition) is 2. The maximum atomic E-state index is 9.75. The van der Waals surface area contributed by atoms with Crippen LogP contribution in [-0.2, 0) is 0 Å². The van der Waals surface area contributed by atoms with Crippen molar-refractivity contribution in [1.82, 2.24) is 0 Å². The first kappa shape index (κ1) is 23.7. The summed E-state index contributed by atoms with van der Waals surface area (Å²) in [4.78, 5) is 1.43. The van der Waals surface area contributed by atoms with Crippen molar-refractivity contribution in [1.29, 1.82) is 0 Å². The molecule has 0 amide bonds. The van der Waals surface area contributed by atoms with Crippen LogP contribution < -0.4 is 4.90 Å². The smallest absolute Gasteiger partial charge is 0.0645 e. The topological polar surface area (TPSA) is 3.24 Å². The van der Waals surface area contributed by atoms with E-state index >= 15 is 0 Å². The summed E-state index contributed by atoms with van der Waals surface area (Å²) in [5.41, 5.74) is 1.38. The Morgan fingerprint density at radius 3 is 1.70 bits per heavy atom. The van der Waals surface area contributed by atoms with Gasteiger partial charge in [-0.05, 0) is 102 Å². The quantitative estimate of drug-likeness (QED) is 0.161. The summed E-state index contributed by atoms with van der Waals surface area (Å²) in [5.74, 6) is 0. The molecule has 0 aliphatic carbocycles. The summed E-state index contributed by atoms with van der Waals surface area (Å²) >= 11 is 1.54. The zero-order valence-electron chi connectivity index (χ0n) is 36.8. The lowest BCUT2D eigenvalue weighted by Crippen LogP contribution is -2.10. The minimum absolute atomic E-state index is 0.119. The van der Waals surface area contributed by atoms with Gasteiger partial charge in [0.15, 0.2) is 0 Å². The summed E-state index contributed by atoms with van der Waals surface area (Å²) in [6, 6.07) is 46.1. The first-order valence-electron chi connectivity index (χ1n) is 21.9. The molecule has 0 saturated carbocycles. The molecular formula is C52H33NS. The molecule has 0 atom stereocenters. The van der Waals surface area contributed by atoms with Gasteiger partial charge in [-0.2, -0.15) is 0 Å². The van der Waals surface area contributed by atoms with Gasteiger partial charge >= 0.3 is 0 Å². The number of anilines is 3. The maximum Gasteiger partial charge on any atom is 0.0645 e. The highest BCUT2D eigenvalue weighted by Crippen LogP contribution is 2.44. The number of hydrogen-bond donors (Lipinski definition) is 0. The molecule has 11 aromatic rings. The minimum atomic E-state index is -0.382. The average Bonchev–Trinajstić information content (AvgIpc) is 3.69. The van der Waals surface area contributed by atoms with Gasteiger partial charge in [0.1, 0.15) is 0 Å². The van der Waals surface area contributed by atoms with Crippen molar-refractivity contribution in [3.8, 4) is 22.3 Å². The Kier molecular flexibility index (Phi) is 5.47. The van der Waals surface area contributed by atoms with Crippen molar-refractivity contribution >= 4 is 91.7 Å². The number of thiophene rings is 1. The summed E-state index contributed by atoms with van der Waals surface area (Å²) in [6.45, 7) is 0. The van der Waals surface area contributed by atoms with E-state index in [0.717, 1.165) is 57.9 Å². The molecule has 0 N–H and O–H groups in total. The molecule has 0 fully saturated rings. The number of fused-ring (bicyclic) bond motifs is 9. The highest BCUT2D eigenvalue weighted by atomic mass is 32.1. The van der Waals surface area contributed by atoms with Crippen LogP contribution in [0.2, 0.25) is 0 Å². The van der Waals surface area contributed by atoms with E-state index in [2.05, 4.69) is 6.07 Å². The number of benzene rings is 10. The largest absolute Gasteiger partial charge is 0.310 e. The Morgan fingerprint density at radius 1 is 0.370 bits per heavy atom. The van der Waals surface area contributed by atoms with E-state index in [9.17, 15) is 11.0 Å². The second-order valence-corrected chi connectivity index (χ2v) is 14.5. The van der Waals surface area contributed by atoms with Gasteiger partial charge in [0.25, 0.3) is 0 Å². The van der Waals surface area contributed by atoms with Crippen LogP contribution in [-0.4, -0.2) is 0 Å². The third kappa shape index (κ3) is 4.99. The van der Waals surface area contributed by atoms with Crippen LogP contribution >= 0.6 is 11.3 Å². The molecule has 0 aliphatic rings. The Balaban J connectivity index is 1.19. The summed E-state index contributed by atoms with van der Waals surface area (Å²) in [6.07, 6.45) is 0. The van der Waals surface area contributed by atoms with Crippen LogP contribution in [0.4, 0.5) is 17.1 Å². The SMILES string of the molecule is [2H]c1c([2H])c(N(c2c([2H])c([2H])c(-c3cccc4c3sc3ccccc34)c([2H])c2[2H])c2cc3ccccc3c3ccccc23)c([2H])c([2H])c1-c1ccc2c(ccc3ccccc32)c1. The summed E-state index contributed by atoms with van der Waals surface area (Å²) in [7, 11) is 0. The van der Waals surface area contributed by atoms with Crippen LogP contribution in [0.5, 0.6) is 0 Å². The first-order valence-corrected chi connectivity index (χ1v) is 18.7. The second kappa shape index (κ2) is 12.4. The van der Waals surface area contributed by atoms with Gasteiger partial charge in [0, 0.05) is 36.9 Å². The molecule has 0 unspecified atom stereocenters. The van der Waals surface area contributed by atoms with Gasteiger partial charge in [-0.3, -0.25) is 0 Å². The Hall–Kier alpha value is -6.74. The van der Waals surface area contributed by atoms with E-state index in [-0.39, 0.29) is 70.8 Å². The molecule has 54 heavy (non-hydrogen) atoms. The van der Waals surface area contributed by atoms with Crippen LogP contribution in [0, 0.1) is 0 Å². The molecule has 0 bridgehead atoms. The van der Waals surface area contributed by atoms with E-state index in [1.807, 2.05) is 146 Å². The van der Waals surface area contributed by atoms with Gasteiger partial charge in [-0.25, -0.2) is 0 Å². The fourth-order valence-corrected chi connectivity index (χ4v) is 9.02. The van der Waals surface area contributed by atoms with Gasteiger partial charge in [0.2, 0.25) is 0 Å². The number of rotatable bonds is 5. The normalized spacial score (nSPS) is 13.8. The molecule has 0 saturated heterocycles. The summed E-state index contributed by atoms with van der Waals surface area (Å²) < 4.78 is 79.1. The minimum Gasteiger partial charge on any atom is -0.310 e. The maximum absolute atomic E-state index is 9.75. The molecule has 2 heteroatoms. The molecule has 252 valence electrons.